The standard InChI is InChI=1S/C37H42N4O5/c1-36(2,3)46-35(43)40-24-33-38-22-30(23-39-33)29-13-10-16-32(21-29)37(44,31-14-8-5-9-15-31)34(42)45-26-28-17-19-41(20-18-28)25-27-11-6-4-7-12-27/h4-16,21-23,28,44H,17-20,24-26H2,1-3H3,(H,40,43). The second kappa shape index (κ2) is 14.7. The quantitative estimate of drug-likeness (QED) is 0.212. The molecule has 1 fully saturated rings. The maximum atomic E-state index is 13.8. The molecule has 1 aliphatic heterocycles. The highest BCUT2D eigenvalue weighted by Gasteiger charge is 2.42. The fourth-order valence-electron chi connectivity index (χ4n) is 5.52. The van der Waals surface area contributed by atoms with Gasteiger partial charge < -0.3 is 19.9 Å². The number of piperidine rings is 1. The van der Waals surface area contributed by atoms with Crippen molar-refractivity contribution in [2.75, 3.05) is 19.7 Å². The maximum absolute atomic E-state index is 13.8. The highest BCUT2D eigenvalue weighted by Crippen LogP contribution is 2.34. The number of rotatable bonds is 10. The summed E-state index contributed by atoms with van der Waals surface area (Å²) in [6, 6.07) is 26.4. The lowest BCUT2D eigenvalue weighted by Crippen LogP contribution is -2.40. The van der Waals surface area contributed by atoms with E-state index in [4.69, 9.17) is 9.47 Å². The van der Waals surface area contributed by atoms with Crippen LogP contribution < -0.4 is 5.32 Å². The van der Waals surface area contributed by atoms with Crippen molar-refractivity contribution in [2.24, 2.45) is 5.92 Å². The largest absolute Gasteiger partial charge is 0.463 e. The van der Waals surface area contributed by atoms with Crippen LogP contribution in [0.3, 0.4) is 0 Å². The van der Waals surface area contributed by atoms with Crippen LogP contribution in [-0.4, -0.2) is 57.3 Å². The number of alkyl carbamates (subject to hydrolysis) is 1. The number of benzene rings is 3. The van der Waals surface area contributed by atoms with Crippen LogP contribution in [-0.2, 0) is 33.0 Å². The van der Waals surface area contributed by atoms with Crippen molar-refractivity contribution in [1.82, 2.24) is 20.2 Å². The first-order chi connectivity index (χ1) is 22.1. The molecule has 9 nitrogen and oxygen atoms in total. The van der Waals surface area contributed by atoms with Gasteiger partial charge in [0.1, 0.15) is 11.4 Å². The first kappa shape index (κ1) is 32.8. The zero-order valence-electron chi connectivity index (χ0n) is 26.7. The molecule has 4 aromatic rings. The molecule has 2 heterocycles. The molecule has 0 radical (unpaired) electrons. The van der Waals surface area contributed by atoms with E-state index in [1.165, 1.54) is 5.56 Å². The fraction of sp³-hybridized carbons (Fsp3) is 0.351. The van der Waals surface area contributed by atoms with E-state index >= 15 is 0 Å². The van der Waals surface area contributed by atoms with Gasteiger partial charge in [-0.2, -0.15) is 0 Å². The molecule has 9 heteroatoms. The molecule has 3 aromatic carbocycles. The van der Waals surface area contributed by atoms with Gasteiger partial charge in [0.2, 0.25) is 5.60 Å². The molecule has 2 N–H and O–H groups in total. The van der Waals surface area contributed by atoms with Gasteiger partial charge in [-0.1, -0.05) is 78.9 Å². The Morgan fingerprint density at radius 3 is 2.15 bits per heavy atom. The van der Waals surface area contributed by atoms with Crippen molar-refractivity contribution in [3.63, 3.8) is 0 Å². The Labute approximate surface area is 270 Å². The lowest BCUT2D eigenvalue weighted by Gasteiger charge is -2.33. The topological polar surface area (TPSA) is 114 Å². The number of esters is 1. The van der Waals surface area contributed by atoms with Crippen molar-refractivity contribution >= 4 is 12.1 Å². The number of carbonyl (C=O) groups is 2. The second-order valence-corrected chi connectivity index (χ2v) is 12.7. The number of nitrogens with zero attached hydrogens (tertiary/aromatic N) is 3. The van der Waals surface area contributed by atoms with Crippen LogP contribution in [0.1, 0.15) is 56.1 Å². The smallest absolute Gasteiger partial charge is 0.408 e. The highest BCUT2D eigenvalue weighted by molar-refractivity contribution is 5.86. The zero-order valence-corrected chi connectivity index (χ0v) is 26.7. The Kier molecular flexibility index (Phi) is 10.4. The summed E-state index contributed by atoms with van der Waals surface area (Å²) >= 11 is 0. The van der Waals surface area contributed by atoms with Gasteiger partial charge in [-0.15, -0.1) is 0 Å². The van der Waals surface area contributed by atoms with Crippen LogP contribution in [0.25, 0.3) is 11.1 Å². The number of aromatic nitrogens is 2. The van der Waals surface area contributed by atoms with Gasteiger partial charge in [-0.3, -0.25) is 4.90 Å². The first-order valence-electron chi connectivity index (χ1n) is 15.7. The van der Waals surface area contributed by atoms with Crippen LogP contribution in [0, 0.1) is 5.92 Å². The van der Waals surface area contributed by atoms with Gasteiger partial charge in [0.25, 0.3) is 0 Å². The third-order valence-electron chi connectivity index (χ3n) is 8.00. The number of carbonyl (C=O) groups excluding carboxylic acids is 2. The molecule has 46 heavy (non-hydrogen) atoms. The lowest BCUT2D eigenvalue weighted by atomic mass is 9.85. The van der Waals surface area contributed by atoms with Crippen LogP contribution in [0.2, 0.25) is 0 Å². The van der Waals surface area contributed by atoms with Crippen molar-refractivity contribution in [3.8, 4) is 11.1 Å². The Morgan fingerprint density at radius 2 is 1.50 bits per heavy atom. The molecule has 1 saturated heterocycles. The Bertz CT molecular complexity index is 1580. The summed E-state index contributed by atoms with van der Waals surface area (Å²) < 4.78 is 11.1. The third-order valence-corrected chi connectivity index (χ3v) is 8.00. The molecule has 1 amide bonds. The minimum Gasteiger partial charge on any atom is -0.463 e. The monoisotopic (exact) mass is 622 g/mol. The number of likely N-dealkylation sites (tertiary alicyclic amines) is 1. The normalized spacial score (nSPS) is 15.5. The van der Waals surface area contributed by atoms with E-state index in [9.17, 15) is 14.7 Å². The molecule has 5 rings (SSSR count). The van der Waals surface area contributed by atoms with E-state index in [1.807, 2.05) is 18.2 Å². The van der Waals surface area contributed by atoms with Gasteiger partial charge in [-0.25, -0.2) is 19.6 Å². The number of amides is 1. The summed E-state index contributed by atoms with van der Waals surface area (Å²) in [5, 5.41) is 14.8. The molecule has 0 spiro atoms. The summed E-state index contributed by atoms with van der Waals surface area (Å²) in [6.07, 6.45) is 4.57. The van der Waals surface area contributed by atoms with E-state index in [0.29, 0.717) is 22.5 Å². The van der Waals surface area contributed by atoms with Crippen molar-refractivity contribution in [3.05, 3.63) is 120 Å². The van der Waals surface area contributed by atoms with Crippen LogP contribution >= 0.6 is 0 Å². The summed E-state index contributed by atoms with van der Waals surface area (Å²) in [7, 11) is 0. The zero-order chi connectivity index (χ0) is 32.6. The predicted molar refractivity (Wildman–Crippen MR) is 175 cm³/mol. The van der Waals surface area contributed by atoms with E-state index < -0.39 is 23.3 Å². The van der Waals surface area contributed by atoms with E-state index in [1.54, 1.807) is 75.6 Å². The second-order valence-electron chi connectivity index (χ2n) is 12.7. The molecule has 1 aromatic heterocycles. The van der Waals surface area contributed by atoms with Gasteiger partial charge in [0.05, 0.1) is 13.2 Å². The number of hydrogen-bond donors (Lipinski definition) is 2. The minimum absolute atomic E-state index is 0.112. The molecule has 1 unspecified atom stereocenters. The van der Waals surface area contributed by atoms with Gasteiger partial charge in [0.15, 0.2) is 0 Å². The van der Waals surface area contributed by atoms with Crippen LogP contribution in [0.4, 0.5) is 4.79 Å². The van der Waals surface area contributed by atoms with Crippen molar-refractivity contribution in [2.45, 2.75) is 57.9 Å². The molecular weight excluding hydrogens is 580 g/mol. The number of aliphatic hydroxyl groups is 1. The van der Waals surface area contributed by atoms with Gasteiger partial charge >= 0.3 is 12.1 Å². The summed E-state index contributed by atoms with van der Waals surface area (Å²) in [5.41, 5.74) is 0.896. The van der Waals surface area contributed by atoms with Crippen LogP contribution in [0.5, 0.6) is 0 Å². The van der Waals surface area contributed by atoms with Crippen molar-refractivity contribution in [1.29, 1.82) is 0 Å². The van der Waals surface area contributed by atoms with E-state index in [-0.39, 0.29) is 19.1 Å². The third kappa shape index (κ3) is 8.56. The Hall–Kier alpha value is -4.60. The molecule has 0 aliphatic carbocycles. The minimum atomic E-state index is -2.01. The van der Waals surface area contributed by atoms with Gasteiger partial charge in [0, 0.05) is 30.1 Å². The predicted octanol–water partition coefficient (Wildman–Crippen LogP) is 5.86. The fourth-order valence-corrected chi connectivity index (χ4v) is 5.52. The molecular formula is C37H42N4O5. The van der Waals surface area contributed by atoms with E-state index in [2.05, 4.69) is 44.5 Å². The average molecular weight is 623 g/mol. The highest BCUT2D eigenvalue weighted by atomic mass is 16.6. The molecule has 1 atom stereocenters. The Balaban J connectivity index is 1.25. The summed E-state index contributed by atoms with van der Waals surface area (Å²) in [5.74, 6) is -0.0637. The molecule has 1 aliphatic rings. The van der Waals surface area contributed by atoms with E-state index in [0.717, 1.165) is 38.0 Å². The summed E-state index contributed by atoms with van der Waals surface area (Å²) in [4.78, 5) is 36.9. The number of nitrogens with one attached hydrogen (secondary N) is 1. The number of hydrogen-bond acceptors (Lipinski definition) is 8. The lowest BCUT2D eigenvalue weighted by molar-refractivity contribution is -0.164. The Morgan fingerprint density at radius 1 is 0.870 bits per heavy atom. The molecule has 0 bridgehead atoms. The van der Waals surface area contributed by atoms with Crippen LogP contribution in [0.15, 0.2) is 97.3 Å². The number of ether oxygens (including phenoxy) is 2. The molecule has 240 valence electrons. The first-order valence-corrected chi connectivity index (χ1v) is 15.7. The van der Waals surface area contributed by atoms with Gasteiger partial charge in [-0.05, 0) is 75.4 Å². The average Bonchev–Trinajstić information content (AvgIpc) is 3.07. The summed E-state index contributed by atoms with van der Waals surface area (Å²) in [6.45, 7) is 8.51. The maximum Gasteiger partial charge on any atom is 0.408 e. The molecule has 0 saturated carbocycles. The SMILES string of the molecule is CC(C)(C)OC(=O)NCc1ncc(-c2cccc(C(O)(C(=O)OCC3CCN(Cc4ccccc4)CC3)c3ccccc3)c2)cn1. The van der Waals surface area contributed by atoms with Crippen molar-refractivity contribution < 1.29 is 24.2 Å².